The highest BCUT2D eigenvalue weighted by Crippen LogP contribution is 2.32. The summed E-state index contributed by atoms with van der Waals surface area (Å²) >= 11 is 0. The molecule has 0 fully saturated rings. The Morgan fingerprint density at radius 3 is 2.79 bits per heavy atom. The van der Waals surface area contributed by atoms with Gasteiger partial charge in [0.05, 0.1) is 18.9 Å². The quantitative estimate of drug-likeness (QED) is 0.842. The van der Waals surface area contributed by atoms with Crippen LogP contribution in [0.5, 0.6) is 11.5 Å². The van der Waals surface area contributed by atoms with Gasteiger partial charge in [0, 0.05) is 30.9 Å². The van der Waals surface area contributed by atoms with Gasteiger partial charge >= 0.3 is 0 Å². The number of hydrogen-bond donors (Lipinski definition) is 0. The fourth-order valence-corrected chi connectivity index (χ4v) is 3.07. The van der Waals surface area contributed by atoms with Gasteiger partial charge in [-0.05, 0) is 54.3 Å². The zero-order valence-electron chi connectivity index (χ0n) is 13.6. The molecule has 0 aliphatic carbocycles. The predicted octanol–water partition coefficient (Wildman–Crippen LogP) is 3.91. The average Bonchev–Trinajstić information content (AvgIpc) is 2.88. The minimum Gasteiger partial charge on any atom is -0.490 e. The molecule has 2 aliphatic heterocycles. The lowest BCUT2D eigenvalue weighted by atomic mass is 9.95. The second kappa shape index (κ2) is 6.87. The molecule has 24 heavy (non-hydrogen) atoms. The van der Waals surface area contributed by atoms with Gasteiger partial charge in [0.1, 0.15) is 0 Å². The molecule has 2 aromatic rings. The molecule has 1 aromatic carbocycles. The van der Waals surface area contributed by atoms with Crippen LogP contribution in [-0.2, 0) is 0 Å². The molecule has 0 amide bonds. The maximum Gasteiger partial charge on any atom is 0.161 e. The number of ether oxygens (including phenoxy) is 2. The minimum absolute atomic E-state index is 0.704. The van der Waals surface area contributed by atoms with Gasteiger partial charge in [-0.3, -0.25) is 9.98 Å². The van der Waals surface area contributed by atoms with Crippen molar-refractivity contribution in [1.29, 1.82) is 0 Å². The molecular weight excluding hydrogens is 300 g/mol. The molecule has 4 heteroatoms. The molecular formula is C20H20N2O2. The Morgan fingerprint density at radius 2 is 1.92 bits per heavy atom. The van der Waals surface area contributed by atoms with Gasteiger partial charge in [-0.1, -0.05) is 6.07 Å². The maximum atomic E-state index is 5.80. The van der Waals surface area contributed by atoms with Crippen molar-refractivity contribution in [2.75, 3.05) is 19.8 Å². The SMILES string of the molecule is C(=C1/CCCN=C1c1cccnc1)/c1ccc2c(c1)OCCCO2. The normalized spacial score (nSPS) is 18.8. The second-order valence-electron chi connectivity index (χ2n) is 6.00. The summed E-state index contributed by atoms with van der Waals surface area (Å²) in [6.45, 7) is 2.30. The summed E-state index contributed by atoms with van der Waals surface area (Å²) in [7, 11) is 0. The van der Waals surface area contributed by atoms with Crippen molar-refractivity contribution < 1.29 is 9.47 Å². The van der Waals surface area contributed by atoms with Gasteiger partial charge in [0.2, 0.25) is 0 Å². The van der Waals surface area contributed by atoms with Crippen LogP contribution in [0.3, 0.4) is 0 Å². The van der Waals surface area contributed by atoms with Crippen LogP contribution in [0.15, 0.2) is 53.3 Å². The largest absolute Gasteiger partial charge is 0.490 e. The highest BCUT2D eigenvalue weighted by Gasteiger charge is 2.15. The third-order valence-corrected chi connectivity index (χ3v) is 4.23. The third kappa shape index (κ3) is 3.18. The van der Waals surface area contributed by atoms with Crippen LogP contribution in [-0.4, -0.2) is 30.5 Å². The Balaban J connectivity index is 1.68. The lowest BCUT2D eigenvalue weighted by Gasteiger charge is -2.16. The summed E-state index contributed by atoms with van der Waals surface area (Å²) in [5, 5.41) is 0. The number of fused-ring (bicyclic) bond motifs is 1. The first kappa shape index (κ1) is 14.9. The number of pyridine rings is 1. The standard InChI is InChI=1S/C20H20N2O2/c1-5-17(14-21-8-1)20-16(4-2-9-22-20)12-15-6-7-18-19(13-15)24-11-3-10-23-18/h1,5-8,12-14H,2-4,9-11H2/b16-12+. The Bertz CT molecular complexity index is 781. The van der Waals surface area contributed by atoms with E-state index in [9.17, 15) is 0 Å². The highest BCUT2D eigenvalue weighted by atomic mass is 16.5. The van der Waals surface area contributed by atoms with E-state index in [-0.39, 0.29) is 0 Å². The number of rotatable bonds is 2. The van der Waals surface area contributed by atoms with Crippen LogP contribution in [0, 0.1) is 0 Å². The molecule has 0 saturated heterocycles. The molecule has 1 aromatic heterocycles. The average molecular weight is 320 g/mol. The van der Waals surface area contributed by atoms with Gasteiger partial charge in [-0.25, -0.2) is 0 Å². The number of hydrogen-bond acceptors (Lipinski definition) is 4. The van der Waals surface area contributed by atoms with Crippen LogP contribution < -0.4 is 9.47 Å². The minimum atomic E-state index is 0.704. The molecule has 0 atom stereocenters. The van der Waals surface area contributed by atoms with E-state index in [1.165, 1.54) is 5.57 Å². The molecule has 122 valence electrons. The van der Waals surface area contributed by atoms with Crippen molar-refractivity contribution in [1.82, 2.24) is 4.98 Å². The Hall–Kier alpha value is -2.62. The summed E-state index contributed by atoms with van der Waals surface area (Å²) in [6.07, 6.45) is 8.91. The predicted molar refractivity (Wildman–Crippen MR) is 94.9 cm³/mol. The van der Waals surface area contributed by atoms with E-state index in [4.69, 9.17) is 14.5 Å². The number of allylic oxidation sites excluding steroid dienone is 1. The number of nitrogens with zero attached hydrogens (tertiary/aromatic N) is 2. The van der Waals surface area contributed by atoms with Gasteiger partial charge in [0.25, 0.3) is 0 Å². The Kier molecular flexibility index (Phi) is 4.28. The summed E-state index contributed by atoms with van der Waals surface area (Å²) < 4.78 is 11.5. The van der Waals surface area contributed by atoms with Crippen molar-refractivity contribution in [2.45, 2.75) is 19.3 Å². The van der Waals surface area contributed by atoms with Crippen LogP contribution in [0.4, 0.5) is 0 Å². The maximum absolute atomic E-state index is 5.80. The zero-order chi connectivity index (χ0) is 16.2. The van der Waals surface area contributed by atoms with Gasteiger partial charge in [-0.15, -0.1) is 0 Å². The van der Waals surface area contributed by atoms with E-state index in [1.807, 2.05) is 18.3 Å². The van der Waals surface area contributed by atoms with Crippen LogP contribution >= 0.6 is 0 Å². The summed E-state index contributed by atoms with van der Waals surface area (Å²) in [5.41, 5.74) is 4.51. The molecule has 3 heterocycles. The van der Waals surface area contributed by atoms with E-state index < -0.39 is 0 Å². The van der Waals surface area contributed by atoms with E-state index in [1.54, 1.807) is 6.20 Å². The van der Waals surface area contributed by atoms with E-state index in [0.29, 0.717) is 13.2 Å². The van der Waals surface area contributed by atoms with Gasteiger partial charge in [-0.2, -0.15) is 0 Å². The van der Waals surface area contributed by atoms with Crippen LogP contribution in [0.2, 0.25) is 0 Å². The first-order valence-electron chi connectivity index (χ1n) is 8.45. The van der Waals surface area contributed by atoms with Crippen LogP contribution in [0.25, 0.3) is 6.08 Å². The molecule has 0 radical (unpaired) electrons. The molecule has 0 N–H and O–H groups in total. The van der Waals surface area contributed by atoms with Crippen molar-refractivity contribution in [3.05, 3.63) is 59.4 Å². The summed E-state index contributed by atoms with van der Waals surface area (Å²) in [6, 6.07) is 10.2. The zero-order valence-corrected chi connectivity index (χ0v) is 13.6. The third-order valence-electron chi connectivity index (χ3n) is 4.23. The molecule has 0 bridgehead atoms. The molecule has 4 rings (SSSR count). The first-order valence-corrected chi connectivity index (χ1v) is 8.45. The van der Waals surface area contributed by atoms with Crippen molar-refractivity contribution in [2.24, 2.45) is 4.99 Å². The molecule has 2 aliphatic rings. The summed E-state index contributed by atoms with van der Waals surface area (Å²) in [5.74, 6) is 1.66. The van der Waals surface area contributed by atoms with E-state index >= 15 is 0 Å². The molecule has 0 spiro atoms. The van der Waals surface area contributed by atoms with Gasteiger partial charge in [0.15, 0.2) is 11.5 Å². The summed E-state index contributed by atoms with van der Waals surface area (Å²) in [4.78, 5) is 8.96. The molecule has 4 nitrogen and oxygen atoms in total. The Labute approximate surface area is 141 Å². The van der Waals surface area contributed by atoms with Crippen molar-refractivity contribution in [3.8, 4) is 11.5 Å². The van der Waals surface area contributed by atoms with Crippen molar-refractivity contribution >= 4 is 11.8 Å². The highest BCUT2D eigenvalue weighted by molar-refractivity contribution is 6.15. The molecule has 0 saturated carbocycles. The first-order chi connectivity index (χ1) is 11.9. The topological polar surface area (TPSA) is 43.7 Å². The lowest BCUT2D eigenvalue weighted by molar-refractivity contribution is 0.297. The van der Waals surface area contributed by atoms with E-state index in [2.05, 4.69) is 29.3 Å². The second-order valence-corrected chi connectivity index (χ2v) is 6.00. The fourth-order valence-electron chi connectivity index (χ4n) is 3.07. The monoisotopic (exact) mass is 320 g/mol. The number of aliphatic imine (C=N–C) groups is 1. The van der Waals surface area contributed by atoms with Crippen molar-refractivity contribution in [3.63, 3.8) is 0 Å². The lowest BCUT2D eigenvalue weighted by Crippen LogP contribution is -2.11. The number of benzene rings is 1. The van der Waals surface area contributed by atoms with Crippen LogP contribution in [0.1, 0.15) is 30.4 Å². The smallest absolute Gasteiger partial charge is 0.161 e. The van der Waals surface area contributed by atoms with Gasteiger partial charge < -0.3 is 9.47 Å². The number of aromatic nitrogens is 1. The van der Waals surface area contributed by atoms with E-state index in [0.717, 1.165) is 54.1 Å². The Morgan fingerprint density at radius 1 is 1.00 bits per heavy atom. The fraction of sp³-hybridized carbons (Fsp3) is 0.300. The molecule has 0 unspecified atom stereocenters.